The zero-order valence-corrected chi connectivity index (χ0v) is 14.5. The quantitative estimate of drug-likeness (QED) is 0.722. The molecule has 0 bridgehead atoms. The molecule has 2 amide bonds. The van der Waals surface area contributed by atoms with Crippen LogP contribution in [0.15, 0.2) is 48.7 Å². The summed E-state index contributed by atoms with van der Waals surface area (Å²) in [4.78, 5) is 16.8. The van der Waals surface area contributed by atoms with E-state index in [0.717, 1.165) is 0 Å². The summed E-state index contributed by atoms with van der Waals surface area (Å²) >= 11 is 0. The van der Waals surface area contributed by atoms with Crippen molar-refractivity contribution >= 4 is 6.03 Å². The van der Waals surface area contributed by atoms with Crippen LogP contribution in [-0.2, 0) is 0 Å². The van der Waals surface area contributed by atoms with Crippen LogP contribution in [0.1, 0.15) is 44.0 Å². The van der Waals surface area contributed by atoms with Crippen molar-refractivity contribution in [3.63, 3.8) is 0 Å². The number of nitrogens with one attached hydrogen (secondary N) is 2. The molecule has 0 radical (unpaired) electrons. The number of amides is 2. The zero-order valence-electron chi connectivity index (χ0n) is 14.5. The Bertz CT molecular complexity index is 696. The maximum atomic E-state index is 13.6. The van der Waals surface area contributed by atoms with E-state index in [2.05, 4.69) is 15.6 Å². The number of aromatic nitrogens is 1. The minimum absolute atomic E-state index is 0.0157. The molecule has 2 aromatic rings. The van der Waals surface area contributed by atoms with E-state index in [1.807, 2.05) is 19.9 Å². The molecule has 0 aliphatic carbocycles. The fraction of sp³-hybridized carbons (Fsp3) is 0.368. The molecule has 1 aromatic heterocycles. The van der Waals surface area contributed by atoms with Gasteiger partial charge in [-0.1, -0.05) is 25.1 Å². The summed E-state index contributed by atoms with van der Waals surface area (Å²) in [6.45, 7) is 3.80. The lowest BCUT2D eigenvalue weighted by Gasteiger charge is -2.30. The summed E-state index contributed by atoms with van der Waals surface area (Å²) in [7, 11) is 0. The van der Waals surface area contributed by atoms with Crippen molar-refractivity contribution in [2.75, 3.05) is 6.61 Å². The van der Waals surface area contributed by atoms with Gasteiger partial charge in [-0.3, -0.25) is 4.98 Å². The Balaban J connectivity index is 2.23. The lowest BCUT2D eigenvalue weighted by Crippen LogP contribution is -2.51. The number of hydrogen-bond donors (Lipinski definition) is 3. The molecule has 0 saturated carbocycles. The summed E-state index contributed by atoms with van der Waals surface area (Å²) in [5.41, 5.74) is 0.702. The van der Waals surface area contributed by atoms with Crippen LogP contribution < -0.4 is 10.6 Å². The number of aliphatic hydroxyl groups excluding tert-OH is 1. The second-order valence-electron chi connectivity index (χ2n) is 6.23. The predicted octanol–water partition coefficient (Wildman–Crippen LogP) is 3.16. The topological polar surface area (TPSA) is 74.2 Å². The van der Waals surface area contributed by atoms with Crippen LogP contribution in [0.5, 0.6) is 0 Å². The van der Waals surface area contributed by atoms with Gasteiger partial charge in [0.15, 0.2) is 0 Å². The molecule has 1 aromatic carbocycles. The van der Waals surface area contributed by atoms with Gasteiger partial charge in [-0.15, -0.1) is 0 Å². The summed E-state index contributed by atoms with van der Waals surface area (Å²) in [5.74, 6) is -0.376. The molecule has 0 aliphatic rings. The van der Waals surface area contributed by atoms with Crippen LogP contribution in [-0.4, -0.2) is 28.3 Å². The van der Waals surface area contributed by atoms with Crippen molar-refractivity contribution < 1.29 is 14.3 Å². The molecule has 5 nitrogen and oxygen atoms in total. The third kappa shape index (κ3) is 5.26. The van der Waals surface area contributed by atoms with Crippen molar-refractivity contribution in [3.8, 4) is 0 Å². The number of rotatable bonds is 7. The van der Waals surface area contributed by atoms with Gasteiger partial charge >= 0.3 is 6.03 Å². The van der Waals surface area contributed by atoms with E-state index in [9.17, 15) is 14.3 Å². The highest BCUT2D eigenvalue weighted by atomic mass is 19.1. The minimum atomic E-state index is -0.577. The van der Waals surface area contributed by atoms with Gasteiger partial charge in [-0.25, -0.2) is 9.18 Å². The first-order valence-corrected chi connectivity index (χ1v) is 8.33. The number of aliphatic hydroxyl groups is 1. The largest absolute Gasteiger partial charge is 0.396 e. The molecule has 134 valence electrons. The lowest BCUT2D eigenvalue weighted by molar-refractivity contribution is 0.199. The van der Waals surface area contributed by atoms with Crippen LogP contribution in [0.25, 0.3) is 0 Å². The van der Waals surface area contributed by atoms with Gasteiger partial charge in [-0.05, 0) is 49.6 Å². The molecule has 0 spiro atoms. The highest BCUT2D eigenvalue weighted by Crippen LogP contribution is 2.21. The van der Waals surface area contributed by atoms with Gasteiger partial charge in [0.1, 0.15) is 5.82 Å². The molecule has 2 unspecified atom stereocenters. The fourth-order valence-electron chi connectivity index (χ4n) is 2.58. The summed E-state index contributed by atoms with van der Waals surface area (Å²) < 4.78 is 13.6. The monoisotopic (exact) mass is 345 g/mol. The predicted molar refractivity (Wildman–Crippen MR) is 94.5 cm³/mol. The molecule has 6 heteroatoms. The summed E-state index contributed by atoms with van der Waals surface area (Å²) in [6, 6.07) is 10.5. The number of pyridine rings is 1. The molecule has 25 heavy (non-hydrogen) atoms. The van der Waals surface area contributed by atoms with Crippen LogP contribution in [0.2, 0.25) is 0 Å². The Kier molecular flexibility index (Phi) is 6.47. The SMILES string of the molecule is CCC(C)(CCO)NC(=O)NC(c1cccc(F)c1)c1ccccn1. The molecule has 3 N–H and O–H groups in total. The Hall–Kier alpha value is -2.47. The number of carbonyl (C=O) groups excluding carboxylic acids is 1. The standard InChI is InChI=1S/C19H24FN3O2/c1-3-19(2,10-12-24)23-18(25)22-17(16-9-4-5-11-21-16)14-7-6-8-15(20)13-14/h4-9,11,13,17,24H,3,10,12H2,1-2H3,(H2,22,23,25). The van der Waals surface area contributed by atoms with Crippen molar-refractivity contribution in [1.82, 2.24) is 15.6 Å². The molecular formula is C19H24FN3O2. The van der Waals surface area contributed by atoms with Crippen molar-refractivity contribution in [3.05, 3.63) is 65.7 Å². The minimum Gasteiger partial charge on any atom is -0.396 e. The van der Waals surface area contributed by atoms with Crippen molar-refractivity contribution in [2.24, 2.45) is 0 Å². The van der Waals surface area contributed by atoms with Gasteiger partial charge in [0.2, 0.25) is 0 Å². The van der Waals surface area contributed by atoms with Gasteiger partial charge in [0.05, 0.1) is 11.7 Å². The molecule has 2 atom stereocenters. The average molecular weight is 345 g/mol. The summed E-state index contributed by atoms with van der Waals surface area (Å²) in [5, 5.41) is 15.0. The molecule has 0 saturated heterocycles. The molecule has 2 rings (SSSR count). The van der Waals surface area contributed by atoms with E-state index >= 15 is 0 Å². The van der Waals surface area contributed by atoms with E-state index in [1.165, 1.54) is 12.1 Å². The third-order valence-electron chi connectivity index (χ3n) is 4.30. The number of nitrogens with zero attached hydrogens (tertiary/aromatic N) is 1. The van der Waals surface area contributed by atoms with E-state index in [4.69, 9.17) is 0 Å². The van der Waals surface area contributed by atoms with Crippen LogP contribution in [0, 0.1) is 5.82 Å². The second kappa shape index (κ2) is 8.58. The maximum absolute atomic E-state index is 13.6. The van der Waals surface area contributed by atoms with Gasteiger partial charge in [-0.2, -0.15) is 0 Å². The van der Waals surface area contributed by atoms with Crippen molar-refractivity contribution in [2.45, 2.75) is 38.3 Å². The molecule has 0 fully saturated rings. The zero-order chi connectivity index (χ0) is 18.3. The normalized spacial score (nSPS) is 14.4. The van der Waals surface area contributed by atoms with Crippen LogP contribution >= 0.6 is 0 Å². The first-order valence-electron chi connectivity index (χ1n) is 8.33. The van der Waals surface area contributed by atoms with Gasteiger partial charge in [0.25, 0.3) is 0 Å². The number of hydrogen-bond acceptors (Lipinski definition) is 3. The number of benzene rings is 1. The summed E-state index contributed by atoms with van der Waals surface area (Å²) in [6.07, 6.45) is 2.75. The van der Waals surface area contributed by atoms with E-state index < -0.39 is 17.6 Å². The Morgan fingerprint density at radius 2 is 2.12 bits per heavy atom. The van der Waals surface area contributed by atoms with Crippen LogP contribution in [0.4, 0.5) is 9.18 Å². The first kappa shape index (κ1) is 18.9. The van der Waals surface area contributed by atoms with E-state index in [0.29, 0.717) is 24.1 Å². The smallest absolute Gasteiger partial charge is 0.316 e. The Labute approximate surface area is 147 Å². The molecular weight excluding hydrogens is 321 g/mol. The average Bonchev–Trinajstić information content (AvgIpc) is 2.60. The number of urea groups is 1. The Morgan fingerprint density at radius 3 is 2.72 bits per heavy atom. The van der Waals surface area contributed by atoms with E-state index in [-0.39, 0.29) is 12.4 Å². The highest BCUT2D eigenvalue weighted by molar-refractivity contribution is 5.75. The third-order valence-corrected chi connectivity index (χ3v) is 4.30. The number of carbonyl (C=O) groups is 1. The second-order valence-corrected chi connectivity index (χ2v) is 6.23. The van der Waals surface area contributed by atoms with Crippen LogP contribution in [0.3, 0.4) is 0 Å². The van der Waals surface area contributed by atoms with E-state index in [1.54, 1.807) is 30.5 Å². The maximum Gasteiger partial charge on any atom is 0.316 e. The lowest BCUT2D eigenvalue weighted by atomic mass is 9.95. The Morgan fingerprint density at radius 1 is 1.32 bits per heavy atom. The first-order chi connectivity index (χ1) is 12.0. The molecule has 1 heterocycles. The molecule has 0 aliphatic heterocycles. The van der Waals surface area contributed by atoms with Gasteiger partial charge in [0, 0.05) is 18.3 Å². The highest BCUT2D eigenvalue weighted by Gasteiger charge is 2.26. The number of halogens is 1. The fourth-order valence-corrected chi connectivity index (χ4v) is 2.58. The van der Waals surface area contributed by atoms with Crippen molar-refractivity contribution in [1.29, 1.82) is 0 Å². The van der Waals surface area contributed by atoms with Gasteiger partial charge < -0.3 is 15.7 Å².